The van der Waals surface area contributed by atoms with Crippen LogP contribution < -0.4 is 22.1 Å². The third-order valence-corrected chi connectivity index (χ3v) is 10.9. The van der Waals surface area contributed by atoms with Crippen molar-refractivity contribution in [2.24, 2.45) is 11.5 Å². The summed E-state index contributed by atoms with van der Waals surface area (Å²) in [5.74, 6) is -1.08. The summed E-state index contributed by atoms with van der Waals surface area (Å²) < 4.78 is 46.9. The quantitative estimate of drug-likeness (QED) is 0.0704. The van der Waals surface area contributed by atoms with E-state index in [9.17, 15) is 37.2 Å². The van der Waals surface area contributed by atoms with Gasteiger partial charge in [0.1, 0.15) is 45.3 Å². The molecule has 69 heavy (non-hydrogen) atoms. The van der Waals surface area contributed by atoms with E-state index in [0.29, 0.717) is 60.0 Å². The van der Waals surface area contributed by atoms with Crippen LogP contribution in [0.25, 0.3) is 16.6 Å². The van der Waals surface area contributed by atoms with Gasteiger partial charge in [0.15, 0.2) is 0 Å². The largest absolute Gasteiger partial charge is 0.509 e. The summed E-state index contributed by atoms with van der Waals surface area (Å²) in [5, 5.41) is 6.38. The number of esters is 1. The maximum Gasteiger partial charge on any atom is 0.509 e. The standard InChI is InChI=1S/C36H41N5O9S.C4H11N.C4H6O3.2C2H6.CH5N/c1-22(2)41(51(5,46)47)15-14-26-27-8-6-7-9-30(27)39-33-29(26)18-40(4)31(33)16-28-24(19-42)21-48-35(44)34(28)50-36(45)49-20-23-10-12-25(13-11-23)38-32(43)17-37-3;1-2-3-4-5;5-1-3-7-4-2-6;3*1-2/h6-13,16,19,22,34,37H,14-15,17-18,20-21H2,1-5H3,(H,38,43);2-5H2,1H3;1-2H,3-4H2;2*1-2H3;2H2,1H3/b31-16-;;;;;. The Bertz CT molecular complexity index is 2220. The van der Waals surface area contributed by atoms with Crippen LogP contribution in [-0.4, -0.2) is 138 Å². The molecule has 6 N–H and O–H groups in total. The average molecular weight is 986 g/mol. The van der Waals surface area contributed by atoms with Crippen LogP contribution in [0.1, 0.15) is 83.7 Å². The van der Waals surface area contributed by atoms with Crippen LogP contribution >= 0.6 is 0 Å². The summed E-state index contributed by atoms with van der Waals surface area (Å²) in [4.78, 5) is 75.6. The van der Waals surface area contributed by atoms with E-state index in [-0.39, 0.29) is 62.6 Å². The lowest BCUT2D eigenvalue weighted by Crippen LogP contribution is -2.37. The summed E-state index contributed by atoms with van der Waals surface area (Å²) >= 11 is 0. The average Bonchev–Trinajstić information content (AvgIpc) is 3.65. The number of nitrogens with zero attached hydrogens (tertiary/aromatic N) is 3. The number of fused-ring (bicyclic) bond motifs is 2. The van der Waals surface area contributed by atoms with E-state index in [1.54, 1.807) is 37.4 Å². The van der Waals surface area contributed by atoms with Gasteiger partial charge in [0.05, 0.1) is 29.7 Å². The molecule has 20 heteroatoms. The highest BCUT2D eigenvalue weighted by molar-refractivity contribution is 7.88. The van der Waals surface area contributed by atoms with Gasteiger partial charge in [-0.25, -0.2) is 23.0 Å². The van der Waals surface area contributed by atoms with E-state index in [2.05, 4.69) is 28.0 Å². The molecule has 0 fully saturated rings. The van der Waals surface area contributed by atoms with E-state index in [1.165, 1.54) is 30.5 Å². The number of aromatic nitrogens is 1. The molecule has 0 aliphatic carbocycles. The number of nitrogens with one attached hydrogen (secondary N) is 2. The first-order chi connectivity index (χ1) is 33.1. The summed E-state index contributed by atoms with van der Waals surface area (Å²) in [6.07, 6.45) is 4.64. The third kappa shape index (κ3) is 21.1. The van der Waals surface area contributed by atoms with Crippen molar-refractivity contribution in [1.82, 2.24) is 19.5 Å². The summed E-state index contributed by atoms with van der Waals surface area (Å²) in [7, 11) is 1.54. The van der Waals surface area contributed by atoms with Gasteiger partial charge in [0, 0.05) is 54.0 Å². The van der Waals surface area contributed by atoms with Gasteiger partial charge < -0.3 is 55.5 Å². The van der Waals surface area contributed by atoms with Gasteiger partial charge >= 0.3 is 12.1 Å². The zero-order valence-electron chi connectivity index (χ0n) is 42.2. The number of anilines is 1. The van der Waals surface area contributed by atoms with Crippen molar-refractivity contribution in [2.45, 2.75) is 93.0 Å². The predicted octanol–water partition coefficient (Wildman–Crippen LogP) is 4.94. The minimum absolute atomic E-state index is 0.0126. The van der Waals surface area contributed by atoms with Crippen molar-refractivity contribution < 1.29 is 56.1 Å². The second-order valence-electron chi connectivity index (χ2n) is 14.6. The molecule has 2 aliphatic rings. The maximum atomic E-state index is 13.0. The molecular formula is C49H75N7O12S. The molecule has 0 saturated heterocycles. The van der Waals surface area contributed by atoms with Gasteiger partial charge in [-0.2, -0.15) is 4.31 Å². The first kappa shape index (κ1) is 63.1. The second kappa shape index (κ2) is 35.2. The fraction of sp³-hybridized carbons (Fsp3) is 0.490. The summed E-state index contributed by atoms with van der Waals surface area (Å²) in [5.41, 5.74) is 14.7. The molecule has 1 amide bonds. The van der Waals surface area contributed by atoms with Crippen LogP contribution in [-0.2, 0) is 72.5 Å². The lowest BCUT2D eigenvalue weighted by molar-refractivity contribution is -0.153. The zero-order chi connectivity index (χ0) is 52.5. The first-order valence-electron chi connectivity index (χ1n) is 22.9. The number of carbonyl (C=O) groups excluding carboxylic acids is 6. The Kier molecular flexibility index (Phi) is 32.2. The van der Waals surface area contributed by atoms with Gasteiger partial charge in [0.2, 0.25) is 22.0 Å². The van der Waals surface area contributed by atoms with Crippen LogP contribution in [0.5, 0.6) is 0 Å². The molecule has 5 rings (SSSR count). The number of amides is 1. The van der Waals surface area contributed by atoms with Gasteiger partial charge in [0.25, 0.3) is 0 Å². The molecule has 0 bridgehead atoms. The Morgan fingerprint density at radius 3 is 2.16 bits per heavy atom. The molecular weight excluding hydrogens is 911 g/mol. The molecule has 1 aromatic heterocycles. The van der Waals surface area contributed by atoms with Gasteiger partial charge in [-0.3, -0.25) is 9.59 Å². The van der Waals surface area contributed by atoms with E-state index < -0.39 is 28.3 Å². The molecule has 1 unspecified atom stereocenters. The third-order valence-electron chi connectivity index (χ3n) is 9.49. The number of aldehydes is 3. The van der Waals surface area contributed by atoms with Crippen molar-refractivity contribution in [3.05, 3.63) is 88.1 Å². The number of cyclic esters (lactones) is 1. The van der Waals surface area contributed by atoms with E-state index in [0.717, 1.165) is 23.1 Å². The number of carbonyl (C=O) groups is 6. The highest BCUT2D eigenvalue weighted by atomic mass is 32.2. The second-order valence-corrected chi connectivity index (χ2v) is 16.5. The minimum Gasteiger partial charge on any atom is -0.458 e. The number of benzene rings is 2. The molecule has 0 spiro atoms. The number of hydrogen-bond acceptors (Lipinski definition) is 17. The Balaban J connectivity index is 0.00000222. The highest BCUT2D eigenvalue weighted by Crippen LogP contribution is 2.38. The number of likely N-dealkylation sites (N-methyl/N-ethyl adjacent to an activating group) is 1. The Hall–Kier alpha value is -5.90. The lowest BCUT2D eigenvalue weighted by Gasteiger charge is -2.25. The summed E-state index contributed by atoms with van der Waals surface area (Å²) in [6, 6.07) is 14.0. The molecule has 19 nitrogen and oxygen atoms in total. The molecule has 2 aliphatic heterocycles. The van der Waals surface area contributed by atoms with Crippen molar-refractivity contribution in [2.75, 3.05) is 72.2 Å². The Morgan fingerprint density at radius 2 is 1.64 bits per heavy atom. The van der Waals surface area contributed by atoms with E-state index in [4.69, 9.17) is 24.9 Å². The smallest absolute Gasteiger partial charge is 0.458 e. The molecule has 2 aromatic carbocycles. The number of pyridine rings is 1. The van der Waals surface area contributed by atoms with Crippen molar-refractivity contribution >= 4 is 69.2 Å². The van der Waals surface area contributed by atoms with Crippen LogP contribution in [0.15, 0.2) is 65.8 Å². The topological polar surface area (TPSA) is 269 Å². The molecule has 384 valence electrons. The molecule has 0 radical (unpaired) electrons. The van der Waals surface area contributed by atoms with E-state index >= 15 is 0 Å². The molecule has 3 aromatic rings. The summed E-state index contributed by atoms with van der Waals surface area (Å²) in [6.45, 7) is 15.0. The Labute approximate surface area is 408 Å². The first-order valence-corrected chi connectivity index (χ1v) is 24.7. The number of nitrogens with two attached hydrogens (primary N) is 2. The van der Waals surface area contributed by atoms with E-state index in [1.807, 2.05) is 77.8 Å². The van der Waals surface area contributed by atoms with Gasteiger partial charge in [-0.15, -0.1) is 0 Å². The van der Waals surface area contributed by atoms with Crippen LogP contribution in [0.3, 0.4) is 0 Å². The number of sulfonamides is 1. The Morgan fingerprint density at radius 1 is 1.01 bits per heavy atom. The SMILES string of the molecule is CC.CC.CCCCN.CN.CNCC(=O)Nc1ccc(COC(=O)OC2C(=O)OCC(C=O)=C2/C=C2/c3nc4ccccc4c(CCN(C(C)C)S(C)(=O)=O)c3CN2C)cc1.O=CCOCC=O. The number of unbranched alkanes of at least 4 members (excludes halogenated alkanes) is 1. The predicted molar refractivity (Wildman–Crippen MR) is 269 cm³/mol. The van der Waals surface area contributed by atoms with Crippen LogP contribution in [0, 0.1) is 0 Å². The number of hydrogen-bond donors (Lipinski definition) is 4. The van der Waals surface area contributed by atoms with Crippen molar-refractivity contribution in [3.8, 4) is 0 Å². The fourth-order valence-corrected chi connectivity index (χ4v) is 7.71. The highest BCUT2D eigenvalue weighted by Gasteiger charge is 2.37. The number of ether oxygens (including phenoxy) is 4. The van der Waals surface area contributed by atoms with Gasteiger partial charge in [-0.1, -0.05) is 71.4 Å². The molecule has 0 saturated carbocycles. The monoisotopic (exact) mass is 986 g/mol. The van der Waals surface area contributed by atoms with Crippen molar-refractivity contribution in [1.29, 1.82) is 0 Å². The molecule has 1 atom stereocenters. The number of para-hydroxylation sites is 1. The zero-order valence-corrected chi connectivity index (χ0v) is 43.0. The minimum atomic E-state index is -3.46. The lowest BCUT2D eigenvalue weighted by atomic mass is 9.96. The van der Waals surface area contributed by atoms with Crippen molar-refractivity contribution in [3.63, 3.8) is 0 Å². The fourth-order valence-electron chi connectivity index (χ4n) is 6.52. The van der Waals surface area contributed by atoms with Crippen LogP contribution in [0.2, 0.25) is 0 Å². The normalized spacial score (nSPS) is 14.1. The molecule has 3 heterocycles. The van der Waals surface area contributed by atoms with Gasteiger partial charge in [-0.05, 0) is 82.7 Å². The van der Waals surface area contributed by atoms with Crippen LogP contribution in [0.4, 0.5) is 10.5 Å². The number of rotatable bonds is 19. The maximum absolute atomic E-state index is 13.0.